The van der Waals surface area contributed by atoms with Crippen LogP contribution in [0.2, 0.25) is 0 Å². The highest BCUT2D eigenvalue weighted by Gasteiger charge is 2.19. The molecule has 0 heterocycles. The second-order valence-electron chi connectivity index (χ2n) is 14.9. The van der Waals surface area contributed by atoms with Crippen LogP contribution in [0.15, 0.2) is 24.3 Å². The van der Waals surface area contributed by atoms with E-state index in [0.717, 1.165) is 25.7 Å². The largest absolute Gasteiger partial charge is 0.380 e. The third-order valence-electron chi connectivity index (χ3n) is 9.33. The highest BCUT2D eigenvalue weighted by molar-refractivity contribution is 7.84. The fourth-order valence-corrected chi connectivity index (χ4v) is 6.94. The topological polar surface area (TPSA) is 77.1 Å². The fourth-order valence-electron chi connectivity index (χ4n) is 6.04. The Bertz CT molecular complexity index is 803. The van der Waals surface area contributed by atoms with Gasteiger partial charge in [-0.25, -0.2) is 0 Å². The molecule has 0 spiro atoms. The quantitative estimate of drug-likeness (QED) is 0.0496. The van der Waals surface area contributed by atoms with Crippen molar-refractivity contribution in [3.63, 3.8) is 0 Å². The van der Waals surface area contributed by atoms with E-state index in [1.807, 2.05) is 19.0 Å². The average molecular weight is 743 g/mol. The van der Waals surface area contributed by atoms with E-state index in [2.05, 4.69) is 42.9 Å². The number of rotatable bonds is 42. The first-order chi connectivity index (χ1) is 24.9. The molecule has 0 aromatic carbocycles. The Kier molecular flexibility index (Phi) is 39.8. The van der Waals surface area contributed by atoms with Crippen molar-refractivity contribution in [1.29, 1.82) is 0 Å². The summed E-state index contributed by atoms with van der Waals surface area (Å²) in [5.74, 6) is 0. The lowest BCUT2D eigenvalue weighted by atomic mass is 10.1. The van der Waals surface area contributed by atoms with Crippen LogP contribution in [-0.2, 0) is 24.0 Å². The molecule has 0 unspecified atom stereocenters. The van der Waals surface area contributed by atoms with Crippen LogP contribution in [0.3, 0.4) is 0 Å². The lowest BCUT2D eigenvalue weighted by molar-refractivity contribution is 0.0583. The molecule has 0 aromatic heterocycles. The van der Waals surface area contributed by atoms with Gasteiger partial charge in [-0.15, -0.1) is 0 Å². The van der Waals surface area contributed by atoms with Crippen LogP contribution in [0.25, 0.3) is 0 Å². The minimum absolute atomic E-state index is 0.113. The van der Waals surface area contributed by atoms with Gasteiger partial charge in [0.15, 0.2) is 0 Å². The summed E-state index contributed by atoms with van der Waals surface area (Å²) in [5, 5.41) is 0. The van der Waals surface area contributed by atoms with Gasteiger partial charge in [-0.05, 0) is 78.3 Å². The normalized spacial score (nSPS) is 12.5. The number of allylic oxidation sites excluding steroid dienone is 4. The van der Waals surface area contributed by atoms with Crippen molar-refractivity contribution in [3.8, 4) is 0 Å². The summed E-state index contributed by atoms with van der Waals surface area (Å²) >= 11 is 0. The summed E-state index contributed by atoms with van der Waals surface area (Å²) in [6.45, 7) is 7.03. The van der Waals surface area contributed by atoms with E-state index in [-0.39, 0.29) is 19.8 Å². The highest BCUT2D eigenvalue weighted by Crippen LogP contribution is 2.12. The molecule has 7 nitrogen and oxygen atoms in total. The Morgan fingerprint density at radius 2 is 0.824 bits per heavy atom. The molecule has 0 radical (unpaired) electrons. The standard InChI is InChI=1S/C43H86N2O5S/c1-5-7-9-11-13-15-17-19-21-23-25-27-29-31-33-35-38-48-41-43(44-51(46,47)50-40-37-45(3)4)42-49-39-36-34-32-30-28-26-24-22-20-18-16-14-12-10-8-6-2/h19-22,43-44H,5-18,23-42H2,1-4H3/b21-19-,22-20-. The summed E-state index contributed by atoms with van der Waals surface area (Å²) < 4.78 is 44.7. The summed E-state index contributed by atoms with van der Waals surface area (Å²) in [6.07, 6.45) is 45.2. The molecule has 0 fully saturated rings. The predicted octanol–water partition coefficient (Wildman–Crippen LogP) is 11.9. The molecule has 0 rings (SSSR count). The molecule has 304 valence electrons. The van der Waals surface area contributed by atoms with Gasteiger partial charge in [-0.3, -0.25) is 4.18 Å². The Morgan fingerprint density at radius 1 is 0.490 bits per heavy atom. The van der Waals surface area contributed by atoms with Crippen molar-refractivity contribution in [2.75, 3.05) is 53.7 Å². The van der Waals surface area contributed by atoms with Gasteiger partial charge in [0, 0.05) is 19.8 Å². The molecule has 51 heavy (non-hydrogen) atoms. The molecule has 1 N–H and O–H groups in total. The second-order valence-corrected chi connectivity index (χ2v) is 16.3. The van der Waals surface area contributed by atoms with Crippen molar-refractivity contribution in [2.24, 2.45) is 0 Å². The Balaban J connectivity index is 4.01. The van der Waals surface area contributed by atoms with Gasteiger partial charge in [0.2, 0.25) is 0 Å². The summed E-state index contributed by atoms with van der Waals surface area (Å²) in [6, 6.07) is -0.461. The zero-order chi connectivity index (χ0) is 37.4. The van der Waals surface area contributed by atoms with Crippen LogP contribution in [0.1, 0.15) is 194 Å². The lowest BCUT2D eigenvalue weighted by Crippen LogP contribution is -2.43. The number of hydrogen-bond donors (Lipinski definition) is 1. The van der Waals surface area contributed by atoms with Crippen molar-refractivity contribution in [2.45, 2.75) is 200 Å². The molecule has 8 heteroatoms. The van der Waals surface area contributed by atoms with Crippen molar-refractivity contribution in [3.05, 3.63) is 24.3 Å². The molecule has 0 amide bonds. The van der Waals surface area contributed by atoms with Gasteiger partial charge < -0.3 is 14.4 Å². The van der Waals surface area contributed by atoms with E-state index >= 15 is 0 Å². The second kappa shape index (κ2) is 40.4. The minimum Gasteiger partial charge on any atom is -0.380 e. The first kappa shape index (κ1) is 50.2. The first-order valence-corrected chi connectivity index (χ1v) is 23.1. The van der Waals surface area contributed by atoms with E-state index in [0.29, 0.717) is 19.8 Å². The molecule has 0 atom stereocenters. The third kappa shape index (κ3) is 41.8. The SMILES string of the molecule is CCCCCCCC/C=C\CCCCCCCCOCC(COCCCCCCCC/C=C\CCCCCCCC)NS(=O)(=O)OCCN(C)C. The lowest BCUT2D eigenvalue weighted by Gasteiger charge is -2.19. The van der Waals surface area contributed by atoms with Crippen LogP contribution in [0.4, 0.5) is 0 Å². The maximum absolute atomic E-state index is 12.5. The van der Waals surface area contributed by atoms with Gasteiger partial charge in [0.05, 0.1) is 25.9 Å². The summed E-state index contributed by atoms with van der Waals surface area (Å²) in [5.41, 5.74) is 0. The van der Waals surface area contributed by atoms with E-state index in [9.17, 15) is 8.42 Å². The van der Waals surface area contributed by atoms with Gasteiger partial charge >= 0.3 is 10.3 Å². The number of hydrogen-bond acceptors (Lipinski definition) is 6. The zero-order valence-electron chi connectivity index (χ0n) is 34.3. The van der Waals surface area contributed by atoms with Gasteiger partial charge in [-0.1, -0.05) is 154 Å². The number of nitrogens with zero attached hydrogens (tertiary/aromatic N) is 1. The van der Waals surface area contributed by atoms with Crippen LogP contribution in [-0.4, -0.2) is 73.0 Å². The van der Waals surface area contributed by atoms with Crippen LogP contribution >= 0.6 is 0 Å². The molecular weight excluding hydrogens is 657 g/mol. The zero-order valence-corrected chi connectivity index (χ0v) is 35.1. The Labute approximate surface area is 318 Å². The Morgan fingerprint density at radius 3 is 1.18 bits per heavy atom. The number of likely N-dealkylation sites (N-methyl/N-ethyl adjacent to an activating group) is 1. The molecule has 0 aromatic rings. The minimum atomic E-state index is -3.87. The summed E-state index contributed by atoms with van der Waals surface area (Å²) in [7, 11) is -0.0929. The van der Waals surface area contributed by atoms with Gasteiger partial charge in [-0.2, -0.15) is 13.1 Å². The fraction of sp³-hybridized carbons (Fsp3) is 0.907. The van der Waals surface area contributed by atoms with E-state index in [1.54, 1.807) is 0 Å². The predicted molar refractivity (Wildman–Crippen MR) is 221 cm³/mol. The van der Waals surface area contributed by atoms with Crippen molar-refractivity contribution >= 4 is 10.3 Å². The molecular formula is C43H86N2O5S. The first-order valence-electron chi connectivity index (χ1n) is 21.7. The molecule has 0 bridgehead atoms. The van der Waals surface area contributed by atoms with E-state index < -0.39 is 16.3 Å². The number of unbranched alkanes of at least 4 members (excludes halogenated alkanes) is 24. The maximum Gasteiger partial charge on any atom is 0.336 e. The third-order valence-corrected chi connectivity index (χ3v) is 10.4. The Hall–Kier alpha value is -0.770. The highest BCUT2D eigenvalue weighted by atomic mass is 32.2. The van der Waals surface area contributed by atoms with Crippen molar-refractivity contribution in [1.82, 2.24) is 9.62 Å². The van der Waals surface area contributed by atoms with Gasteiger partial charge in [0.25, 0.3) is 0 Å². The molecule has 0 saturated carbocycles. The summed E-state index contributed by atoms with van der Waals surface area (Å²) in [4.78, 5) is 1.89. The molecule has 0 aliphatic heterocycles. The van der Waals surface area contributed by atoms with Gasteiger partial charge in [0.1, 0.15) is 0 Å². The molecule has 0 aliphatic rings. The smallest absolute Gasteiger partial charge is 0.336 e. The van der Waals surface area contributed by atoms with E-state index in [1.165, 1.54) is 154 Å². The monoisotopic (exact) mass is 743 g/mol. The molecule has 0 saturated heterocycles. The molecule has 0 aliphatic carbocycles. The van der Waals surface area contributed by atoms with Crippen molar-refractivity contribution < 1.29 is 22.1 Å². The van der Waals surface area contributed by atoms with Crippen LogP contribution in [0.5, 0.6) is 0 Å². The number of ether oxygens (including phenoxy) is 2. The average Bonchev–Trinajstić information content (AvgIpc) is 3.10. The maximum atomic E-state index is 12.5. The van der Waals surface area contributed by atoms with Crippen LogP contribution in [0, 0.1) is 0 Å². The van der Waals surface area contributed by atoms with Crippen LogP contribution < -0.4 is 4.72 Å². The number of nitrogens with one attached hydrogen (secondary N) is 1. The van der Waals surface area contributed by atoms with E-state index in [4.69, 9.17) is 13.7 Å².